The predicted octanol–water partition coefficient (Wildman–Crippen LogP) is 3.97. The number of para-hydroxylation sites is 1. The molecule has 28 heavy (non-hydrogen) atoms. The molecule has 1 N–H and O–H groups in total. The second-order valence-electron chi connectivity index (χ2n) is 8.72. The molecule has 2 aliphatic rings. The first kappa shape index (κ1) is 20.8. The number of nitrogens with zero attached hydrogens (tertiary/aromatic N) is 1. The summed E-state index contributed by atoms with van der Waals surface area (Å²) >= 11 is 0. The molecule has 5 nitrogen and oxygen atoms in total. The number of amides is 1. The molecule has 1 aromatic carbocycles. The number of ether oxygens (including phenoxy) is 1. The van der Waals surface area contributed by atoms with Crippen LogP contribution in [0.25, 0.3) is 0 Å². The number of carbonyl (C=O) groups is 2. The maximum Gasteiger partial charge on any atom is 0.314 e. The average Bonchev–Trinajstić information content (AvgIpc) is 3.18. The molecular weight excluding hydrogens is 352 g/mol. The molecule has 2 atom stereocenters. The zero-order chi connectivity index (χ0) is 20.1. The fourth-order valence-electron chi connectivity index (χ4n) is 4.82. The normalized spacial score (nSPS) is 25.5. The third-order valence-corrected chi connectivity index (χ3v) is 6.61. The Kier molecular flexibility index (Phi) is 6.76. The van der Waals surface area contributed by atoms with Gasteiger partial charge in [0, 0.05) is 5.69 Å². The number of carbonyl (C=O) groups excluding carboxylic acids is 2. The minimum Gasteiger partial charge on any atom is -0.462 e. The highest BCUT2D eigenvalue weighted by atomic mass is 16.5. The lowest BCUT2D eigenvalue weighted by molar-refractivity contribution is -0.925. The first-order valence-corrected chi connectivity index (χ1v) is 10.8. The van der Waals surface area contributed by atoms with Gasteiger partial charge in [0.25, 0.3) is 5.91 Å². The van der Waals surface area contributed by atoms with Crippen LogP contribution in [0.2, 0.25) is 0 Å². The van der Waals surface area contributed by atoms with Crippen LogP contribution in [0.1, 0.15) is 56.6 Å². The Balaban J connectivity index is 1.63. The van der Waals surface area contributed by atoms with Crippen LogP contribution >= 0.6 is 0 Å². The zero-order valence-corrected chi connectivity index (χ0v) is 17.6. The molecule has 0 radical (unpaired) electrons. The Morgan fingerprint density at radius 1 is 1.11 bits per heavy atom. The molecule has 1 amide bonds. The van der Waals surface area contributed by atoms with Crippen molar-refractivity contribution in [3.05, 3.63) is 29.3 Å². The van der Waals surface area contributed by atoms with Crippen molar-refractivity contribution in [2.75, 3.05) is 31.5 Å². The Morgan fingerprint density at radius 3 is 2.43 bits per heavy atom. The van der Waals surface area contributed by atoms with E-state index in [1.807, 2.05) is 32.0 Å². The van der Waals surface area contributed by atoms with Crippen LogP contribution in [0.5, 0.6) is 0 Å². The lowest BCUT2D eigenvalue weighted by atomic mass is 9.95. The number of nitrogens with one attached hydrogen (secondary N) is 1. The van der Waals surface area contributed by atoms with Gasteiger partial charge in [-0.15, -0.1) is 0 Å². The third-order valence-electron chi connectivity index (χ3n) is 6.61. The highest BCUT2D eigenvalue weighted by molar-refractivity contribution is 5.93. The summed E-state index contributed by atoms with van der Waals surface area (Å²) in [4.78, 5) is 25.6. The Labute approximate surface area is 169 Å². The summed E-state index contributed by atoms with van der Waals surface area (Å²) in [5.41, 5.74) is 3.07. The van der Waals surface area contributed by atoms with E-state index in [-0.39, 0.29) is 23.9 Å². The molecule has 1 heterocycles. The van der Waals surface area contributed by atoms with Crippen molar-refractivity contribution in [3.8, 4) is 0 Å². The van der Waals surface area contributed by atoms with Gasteiger partial charge in [0.1, 0.15) is 12.0 Å². The summed E-state index contributed by atoms with van der Waals surface area (Å²) < 4.78 is 6.44. The van der Waals surface area contributed by atoms with Crippen LogP contribution < -0.4 is 5.32 Å². The Bertz CT molecular complexity index is 692. The van der Waals surface area contributed by atoms with Gasteiger partial charge in [-0.1, -0.05) is 18.2 Å². The first-order chi connectivity index (χ1) is 13.4. The van der Waals surface area contributed by atoms with Crippen LogP contribution in [-0.4, -0.2) is 48.6 Å². The summed E-state index contributed by atoms with van der Waals surface area (Å²) in [6.07, 6.45) is 6.30. The highest BCUT2D eigenvalue weighted by Gasteiger charge is 2.40. The van der Waals surface area contributed by atoms with Crippen molar-refractivity contribution in [3.63, 3.8) is 0 Å². The number of rotatable bonds is 6. The quantitative estimate of drug-likeness (QED) is 0.593. The number of anilines is 1. The molecule has 1 aromatic rings. The predicted molar refractivity (Wildman–Crippen MR) is 111 cm³/mol. The standard InChI is InChI=1S/C23H34N2O3/c1-4-25(16-21(26)24-22-17(2)9-7-10-18(22)3)14-8-11-19(15-25)23(27)28-20-12-5-6-13-20/h7,9-10,19-20H,4-6,8,11-16H2,1-3H3/p+1. The molecule has 1 saturated heterocycles. The number of piperidine rings is 1. The fourth-order valence-corrected chi connectivity index (χ4v) is 4.82. The molecule has 1 aliphatic carbocycles. The van der Waals surface area contributed by atoms with Crippen molar-refractivity contribution in [2.45, 2.75) is 65.4 Å². The molecule has 0 spiro atoms. The number of benzene rings is 1. The minimum atomic E-state index is -0.0812. The van der Waals surface area contributed by atoms with Crippen molar-refractivity contribution >= 4 is 17.6 Å². The van der Waals surface area contributed by atoms with Crippen LogP contribution in [0, 0.1) is 19.8 Å². The molecule has 0 bridgehead atoms. The summed E-state index contributed by atoms with van der Waals surface area (Å²) in [5, 5.41) is 3.12. The van der Waals surface area contributed by atoms with Crippen LogP contribution in [-0.2, 0) is 14.3 Å². The smallest absolute Gasteiger partial charge is 0.314 e. The van der Waals surface area contributed by atoms with E-state index in [2.05, 4.69) is 12.2 Å². The van der Waals surface area contributed by atoms with Crippen LogP contribution in [0.15, 0.2) is 18.2 Å². The van der Waals surface area contributed by atoms with E-state index in [0.29, 0.717) is 17.6 Å². The molecule has 1 aliphatic heterocycles. The van der Waals surface area contributed by atoms with Crippen molar-refractivity contribution < 1.29 is 18.8 Å². The van der Waals surface area contributed by atoms with E-state index in [1.165, 1.54) is 0 Å². The molecule has 2 unspecified atom stereocenters. The largest absolute Gasteiger partial charge is 0.462 e. The number of hydrogen-bond acceptors (Lipinski definition) is 3. The highest BCUT2D eigenvalue weighted by Crippen LogP contribution is 2.28. The molecule has 5 heteroatoms. The van der Waals surface area contributed by atoms with Gasteiger partial charge < -0.3 is 14.5 Å². The maximum absolute atomic E-state index is 12.9. The number of hydrogen-bond donors (Lipinski definition) is 1. The maximum atomic E-state index is 12.9. The van der Waals surface area contributed by atoms with E-state index < -0.39 is 0 Å². The Morgan fingerprint density at radius 2 is 1.79 bits per heavy atom. The molecular formula is C23H35N2O3+. The molecule has 2 fully saturated rings. The van der Waals surface area contributed by atoms with Gasteiger partial charge in [-0.05, 0) is 70.4 Å². The van der Waals surface area contributed by atoms with Crippen LogP contribution in [0.3, 0.4) is 0 Å². The van der Waals surface area contributed by atoms with Gasteiger partial charge in [-0.2, -0.15) is 0 Å². The lowest BCUT2D eigenvalue weighted by Crippen LogP contribution is -2.58. The second kappa shape index (κ2) is 9.08. The van der Waals surface area contributed by atoms with Gasteiger partial charge in [0.2, 0.25) is 0 Å². The average molecular weight is 388 g/mol. The van der Waals surface area contributed by atoms with Crippen LogP contribution in [0.4, 0.5) is 5.69 Å². The Hall–Kier alpha value is -1.88. The van der Waals surface area contributed by atoms with Crippen molar-refractivity contribution in [1.82, 2.24) is 0 Å². The molecule has 0 aromatic heterocycles. The van der Waals surface area contributed by atoms with Crippen molar-refractivity contribution in [1.29, 1.82) is 0 Å². The monoisotopic (exact) mass is 387 g/mol. The van der Waals surface area contributed by atoms with Gasteiger partial charge >= 0.3 is 5.97 Å². The number of likely N-dealkylation sites (tertiary alicyclic amines) is 1. The number of likely N-dealkylation sites (N-methyl/N-ethyl adjacent to an activating group) is 1. The van der Waals surface area contributed by atoms with E-state index in [9.17, 15) is 9.59 Å². The third kappa shape index (κ3) is 4.93. The summed E-state index contributed by atoms with van der Waals surface area (Å²) in [5.74, 6) is -0.0935. The summed E-state index contributed by atoms with van der Waals surface area (Å²) in [7, 11) is 0. The molecule has 3 rings (SSSR count). The number of quaternary nitrogens is 1. The van der Waals surface area contributed by atoms with Gasteiger partial charge in [0.15, 0.2) is 6.54 Å². The second-order valence-corrected chi connectivity index (χ2v) is 8.72. The first-order valence-electron chi connectivity index (χ1n) is 10.8. The fraction of sp³-hybridized carbons (Fsp3) is 0.652. The van der Waals surface area contributed by atoms with E-state index in [1.54, 1.807) is 0 Å². The summed E-state index contributed by atoms with van der Waals surface area (Å²) in [6, 6.07) is 6.04. The molecule has 1 saturated carbocycles. The number of aryl methyl sites for hydroxylation is 2. The van der Waals surface area contributed by atoms with Gasteiger partial charge in [-0.3, -0.25) is 9.59 Å². The van der Waals surface area contributed by atoms with E-state index in [4.69, 9.17) is 4.74 Å². The minimum absolute atomic E-state index is 0.0315. The topological polar surface area (TPSA) is 55.4 Å². The summed E-state index contributed by atoms with van der Waals surface area (Å²) in [6.45, 7) is 9.08. The number of esters is 1. The van der Waals surface area contributed by atoms with Gasteiger partial charge in [-0.25, -0.2) is 0 Å². The lowest BCUT2D eigenvalue weighted by Gasteiger charge is -2.42. The van der Waals surface area contributed by atoms with E-state index in [0.717, 1.165) is 68.4 Å². The zero-order valence-electron chi connectivity index (χ0n) is 17.6. The van der Waals surface area contributed by atoms with Crippen molar-refractivity contribution in [2.24, 2.45) is 5.92 Å². The molecule has 154 valence electrons. The SMILES string of the molecule is CC[N+]1(CC(=O)Nc2c(C)cccc2C)CCCC(C(=O)OC2CCCC2)C1. The van der Waals surface area contributed by atoms with E-state index >= 15 is 0 Å². The van der Waals surface area contributed by atoms with Gasteiger partial charge in [0.05, 0.1) is 19.6 Å².